The van der Waals surface area contributed by atoms with Crippen LogP contribution in [0.4, 0.5) is 0 Å². The van der Waals surface area contributed by atoms with Crippen molar-refractivity contribution in [3.05, 3.63) is 10.4 Å². The molecule has 0 unspecified atom stereocenters. The number of esters is 1. The molecular formula is C10H17N3O4Se. The van der Waals surface area contributed by atoms with E-state index < -0.39 is 12.1 Å². The number of rotatable bonds is 5. The minimum absolute atomic E-state index is 0.204. The van der Waals surface area contributed by atoms with E-state index in [1.54, 1.807) is 14.2 Å². The number of hydrogen-bond donors (Lipinski definition) is 0. The molecule has 0 N–H and O–H groups in total. The molecule has 1 aliphatic heterocycles. The van der Waals surface area contributed by atoms with Crippen molar-refractivity contribution in [2.45, 2.75) is 35.3 Å². The van der Waals surface area contributed by atoms with Gasteiger partial charge in [-0.25, -0.2) is 0 Å². The Morgan fingerprint density at radius 2 is 2.28 bits per heavy atom. The first-order valence-corrected chi connectivity index (χ1v) is 7.68. The Kier molecular flexibility index (Phi) is 6.46. The number of nitrogens with zero attached hydrogens (tertiary/aromatic N) is 3. The molecule has 0 aliphatic carbocycles. The normalized spacial score (nSPS) is 31.5. The molecular weight excluding hydrogens is 305 g/mol. The zero-order chi connectivity index (χ0) is 13.5. The van der Waals surface area contributed by atoms with E-state index in [1.165, 1.54) is 6.92 Å². The van der Waals surface area contributed by atoms with Crippen molar-refractivity contribution in [2.75, 3.05) is 20.8 Å². The fraction of sp³-hybridized carbons (Fsp3) is 0.900. The van der Waals surface area contributed by atoms with Gasteiger partial charge in [0.05, 0.1) is 0 Å². The van der Waals surface area contributed by atoms with Gasteiger partial charge in [-0.2, -0.15) is 0 Å². The van der Waals surface area contributed by atoms with Gasteiger partial charge in [0.15, 0.2) is 0 Å². The average Bonchev–Trinajstić information content (AvgIpc) is 2.32. The molecule has 0 aromatic heterocycles. The quantitative estimate of drug-likeness (QED) is 0.250. The molecule has 8 heteroatoms. The molecule has 4 atom stereocenters. The first-order chi connectivity index (χ1) is 8.63. The number of ether oxygens (including phenoxy) is 3. The molecule has 18 heavy (non-hydrogen) atoms. The molecule has 1 heterocycles. The molecule has 0 bridgehead atoms. The van der Waals surface area contributed by atoms with Crippen molar-refractivity contribution < 1.29 is 19.0 Å². The Hall–Kier alpha value is -0.781. The van der Waals surface area contributed by atoms with Crippen molar-refractivity contribution in [3.8, 4) is 0 Å². The molecule has 0 spiro atoms. The Morgan fingerprint density at radius 3 is 2.78 bits per heavy atom. The van der Waals surface area contributed by atoms with Crippen LogP contribution in [0.25, 0.3) is 10.4 Å². The van der Waals surface area contributed by atoms with E-state index in [-0.39, 0.29) is 31.8 Å². The molecule has 1 rings (SSSR count). The molecule has 0 aromatic rings. The van der Waals surface area contributed by atoms with E-state index in [4.69, 9.17) is 19.7 Å². The first-order valence-electron chi connectivity index (χ1n) is 5.48. The maximum absolute atomic E-state index is 11.0. The summed E-state index contributed by atoms with van der Waals surface area (Å²) < 4.78 is 15.8. The summed E-state index contributed by atoms with van der Waals surface area (Å²) in [4.78, 5) is 14.1. The van der Waals surface area contributed by atoms with Gasteiger partial charge in [-0.05, 0) is 0 Å². The van der Waals surface area contributed by atoms with Crippen molar-refractivity contribution in [1.82, 2.24) is 0 Å². The fourth-order valence-corrected chi connectivity index (χ4v) is 4.89. The van der Waals surface area contributed by atoms with Crippen LogP contribution >= 0.6 is 0 Å². The number of azide groups is 1. The Bertz CT molecular complexity index is 335. The standard InChI is InChI=1S/C10H17N3O4Se/c1-6(14)17-7-5-18-8(4-15-2)10(16-3)9(7)12-13-11/h7-10H,4-5H2,1-3H3/t7-,8+,9+,10-/m0/s1. The Balaban J connectivity index is 2.85. The van der Waals surface area contributed by atoms with Gasteiger partial charge in [-0.15, -0.1) is 0 Å². The Labute approximate surface area is 112 Å². The average molecular weight is 322 g/mol. The summed E-state index contributed by atoms with van der Waals surface area (Å²) in [7, 11) is 3.20. The number of hydrogen-bond acceptors (Lipinski definition) is 5. The molecule has 1 aliphatic rings. The molecule has 0 aromatic carbocycles. The SMILES string of the molecule is COC[C@H]1[Se]C[C@H](OC(C)=O)[C@@H](N=[N+]=[N-])[C@H]1OC. The van der Waals surface area contributed by atoms with Gasteiger partial charge in [-0.1, -0.05) is 0 Å². The van der Waals surface area contributed by atoms with Gasteiger partial charge in [0, 0.05) is 0 Å². The maximum atomic E-state index is 11.0. The number of carbonyl (C=O) groups is 1. The molecule has 1 saturated heterocycles. The molecule has 0 amide bonds. The number of carbonyl (C=O) groups excluding carboxylic acids is 1. The second-order valence-electron chi connectivity index (χ2n) is 3.87. The molecule has 0 radical (unpaired) electrons. The zero-order valence-electron chi connectivity index (χ0n) is 10.6. The van der Waals surface area contributed by atoms with Crippen LogP contribution in [-0.2, 0) is 19.0 Å². The van der Waals surface area contributed by atoms with Crippen LogP contribution in [0.15, 0.2) is 5.11 Å². The van der Waals surface area contributed by atoms with E-state index in [0.29, 0.717) is 11.9 Å². The second kappa shape index (κ2) is 7.61. The third-order valence-electron chi connectivity index (χ3n) is 2.66. The van der Waals surface area contributed by atoms with Gasteiger partial charge in [-0.3, -0.25) is 0 Å². The summed E-state index contributed by atoms with van der Waals surface area (Å²) in [6, 6.07) is -0.486. The third-order valence-corrected chi connectivity index (χ3v) is 5.50. The van der Waals surface area contributed by atoms with Crippen molar-refractivity contribution in [3.63, 3.8) is 0 Å². The van der Waals surface area contributed by atoms with Gasteiger partial charge in [0.2, 0.25) is 0 Å². The minimum atomic E-state index is -0.486. The summed E-state index contributed by atoms with van der Waals surface area (Å²) in [5, 5.41) is 4.45. The van der Waals surface area contributed by atoms with Crippen molar-refractivity contribution in [2.24, 2.45) is 5.11 Å². The van der Waals surface area contributed by atoms with Gasteiger partial charge in [0.25, 0.3) is 0 Å². The summed E-state index contributed by atoms with van der Waals surface area (Å²) in [5.74, 6) is -0.367. The molecule has 7 nitrogen and oxygen atoms in total. The Morgan fingerprint density at radius 1 is 1.56 bits per heavy atom. The second-order valence-corrected chi connectivity index (χ2v) is 6.54. The van der Waals surface area contributed by atoms with E-state index in [9.17, 15) is 4.79 Å². The van der Waals surface area contributed by atoms with Crippen LogP contribution in [0.5, 0.6) is 0 Å². The van der Waals surface area contributed by atoms with Crippen LogP contribution in [-0.4, -0.2) is 60.0 Å². The third kappa shape index (κ3) is 3.86. The van der Waals surface area contributed by atoms with Crippen LogP contribution in [0.3, 0.4) is 0 Å². The number of methoxy groups -OCH3 is 2. The van der Waals surface area contributed by atoms with E-state index in [1.807, 2.05) is 0 Å². The van der Waals surface area contributed by atoms with Gasteiger partial charge in [0.1, 0.15) is 0 Å². The topological polar surface area (TPSA) is 93.5 Å². The molecule has 1 fully saturated rings. The first kappa shape index (κ1) is 15.3. The summed E-state index contributed by atoms with van der Waals surface area (Å²) in [6.45, 7) is 1.91. The predicted octanol–water partition coefficient (Wildman–Crippen LogP) is 1.18. The van der Waals surface area contributed by atoms with Crippen molar-refractivity contribution >= 4 is 20.9 Å². The van der Waals surface area contributed by atoms with Crippen LogP contribution in [0.1, 0.15) is 6.92 Å². The summed E-state index contributed by atoms with van der Waals surface area (Å²) >= 11 is 0.221. The van der Waals surface area contributed by atoms with Crippen molar-refractivity contribution in [1.29, 1.82) is 0 Å². The van der Waals surface area contributed by atoms with E-state index >= 15 is 0 Å². The molecule has 0 saturated carbocycles. The van der Waals surface area contributed by atoms with E-state index in [0.717, 1.165) is 0 Å². The van der Waals surface area contributed by atoms with Crippen LogP contribution < -0.4 is 0 Å². The van der Waals surface area contributed by atoms with E-state index in [2.05, 4.69) is 10.0 Å². The zero-order valence-corrected chi connectivity index (χ0v) is 12.3. The van der Waals surface area contributed by atoms with Gasteiger partial charge < -0.3 is 0 Å². The molecule has 102 valence electrons. The van der Waals surface area contributed by atoms with Crippen LogP contribution in [0.2, 0.25) is 10.1 Å². The predicted molar refractivity (Wildman–Crippen MR) is 65.5 cm³/mol. The monoisotopic (exact) mass is 323 g/mol. The van der Waals surface area contributed by atoms with Crippen LogP contribution in [0, 0.1) is 0 Å². The summed E-state index contributed by atoms with van der Waals surface area (Å²) in [6.07, 6.45) is -0.657. The summed E-state index contributed by atoms with van der Waals surface area (Å²) in [5.41, 5.74) is 8.64. The van der Waals surface area contributed by atoms with Gasteiger partial charge >= 0.3 is 112 Å². The fourth-order valence-electron chi connectivity index (χ4n) is 1.96.